The summed E-state index contributed by atoms with van der Waals surface area (Å²) in [7, 11) is 1.30. The lowest BCUT2D eigenvalue weighted by Gasteiger charge is -2.41. The zero-order valence-corrected chi connectivity index (χ0v) is 16.9. The van der Waals surface area contributed by atoms with E-state index >= 15 is 0 Å². The first kappa shape index (κ1) is 20.1. The summed E-state index contributed by atoms with van der Waals surface area (Å²) in [6, 6.07) is 3.67. The summed E-state index contributed by atoms with van der Waals surface area (Å²) in [6.45, 7) is 8.59. The summed E-state index contributed by atoms with van der Waals surface area (Å²) in [5, 5.41) is 16.1. The number of rotatable bonds is 2. The van der Waals surface area contributed by atoms with E-state index in [1.807, 2.05) is 4.90 Å². The Kier molecular flexibility index (Phi) is 5.31. The maximum absolute atomic E-state index is 12.7. The number of amides is 1. The molecule has 1 aromatic rings. The number of methoxy groups -OCH3 is 1. The molecule has 0 saturated carbocycles. The molecule has 1 aromatic heterocycles. The molecule has 0 aliphatic carbocycles. The molecule has 2 N–H and O–H groups in total. The minimum absolute atomic E-state index is 0.00660. The maximum Gasteiger partial charge on any atom is 0.339 e. The van der Waals surface area contributed by atoms with Crippen LogP contribution in [0.4, 0.5) is 5.82 Å². The Morgan fingerprint density at radius 1 is 1.32 bits per heavy atom. The van der Waals surface area contributed by atoms with Crippen LogP contribution in [-0.4, -0.2) is 55.7 Å². The van der Waals surface area contributed by atoms with Gasteiger partial charge < -0.3 is 20.3 Å². The van der Waals surface area contributed by atoms with Crippen molar-refractivity contribution in [3.63, 3.8) is 0 Å². The molecule has 0 bridgehead atoms. The second-order valence-electron chi connectivity index (χ2n) is 8.37. The second-order valence-corrected chi connectivity index (χ2v) is 8.37. The van der Waals surface area contributed by atoms with Gasteiger partial charge in [-0.15, -0.1) is 0 Å². The number of nitriles is 1. The zero-order chi connectivity index (χ0) is 20.5. The van der Waals surface area contributed by atoms with Gasteiger partial charge in [-0.1, -0.05) is 13.8 Å². The van der Waals surface area contributed by atoms with Crippen LogP contribution in [0.3, 0.4) is 0 Å². The number of aromatic nitrogens is 1. The third-order valence-electron chi connectivity index (χ3n) is 5.70. The highest BCUT2D eigenvalue weighted by atomic mass is 16.5. The maximum atomic E-state index is 12.7. The minimum Gasteiger partial charge on any atom is -0.465 e. The molecule has 0 unspecified atom stereocenters. The molecule has 2 saturated heterocycles. The second kappa shape index (κ2) is 7.40. The summed E-state index contributed by atoms with van der Waals surface area (Å²) in [6.07, 6.45) is 1.25. The fourth-order valence-corrected chi connectivity index (χ4v) is 3.78. The van der Waals surface area contributed by atoms with Crippen molar-refractivity contribution in [1.82, 2.24) is 15.6 Å². The number of aryl methyl sites for hydroxylation is 1. The van der Waals surface area contributed by atoms with Crippen LogP contribution < -0.4 is 15.5 Å². The van der Waals surface area contributed by atoms with Gasteiger partial charge in [0.2, 0.25) is 5.91 Å². The predicted molar refractivity (Wildman–Crippen MR) is 104 cm³/mol. The Morgan fingerprint density at radius 2 is 2.00 bits per heavy atom. The van der Waals surface area contributed by atoms with Gasteiger partial charge in [0.15, 0.2) is 0 Å². The van der Waals surface area contributed by atoms with Gasteiger partial charge in [-0.2, -0.15) is 5.26 Å². The lowest BCUT2D eigenvalue weighted by Crippen LogP contribution is -2.60. The third-order valence-corrected chi connectivity index (χ3v) is 5.70. The first-order valence-corrected chi connectivity index (χ1v) is 9.50. The van der Waals surface area contributed by atoms with Crippen molar-refractivity contribution >= 4 is 17.7 Å². The number of carbonyl (C=O) groups is 2. The van der Waals surface area contributed by atoms with Gasteiger partial charge in [-0.05, 0) is 31.2 Å². The van der Waals surface area contributed by atoms with E-state index in [2.05, 4.69) is 35.5 Å². The average molecular weight is 385 g/mol. The molecule has 28 heavy (non-hydrogen) atoms. The van der Waals surface area contributed by atoms with E-state index in [9.17, 15) is 14.9 Å². The monoisotopic (exact) mass is 385 g/mol. The van der Waals surface area contributed by atoms with E-state index < -0.39 is 11.5 Å². The Labute approximate surface area is 165 Å². The highest BCUT2D eigenvalue weighted by Gasteiger charge is 2.44. The minimum atomic E-state index is -0.585. The van der Waals surface area contributed by atoms with Gasteiger partial charge in [-0.3, -0.25) is 4.79 Å². The van der Waals surface area contributed by atoms with Gasteiger partial charge in [0.25, 0.3) is 0 Å². The van der Waals surface area contributed by atoms with Crippen molar-refractivity contribution in [3.05, 3.63) is 22.9 Å². The summed E-state index contributed by atoms with van der Waals surface area (Å²) in [4.78, 5) is 31.1. The van der Waals surface area contributed by atoms with E-state index in [0.29, 0.717) is 55.1 Å². The van der Waals surface area contributed by atoms with Crippen molar-refractivity contribution in [2.75, 3.05) is 38.2 Å². The van der Waals surface area contributed by atoms with E-state index in [1.165, 1.54) is 13.2 Å². The van der Waals surface area contributed by atoms with E-state index in [4.69, 9.17) is 4.74 Å². The van der Waals surface area contributed by atoms with Crippen LogP contribution in [0.1, 0.15) is 48.3 Å². The number of carbonyl (C=O) groups excluding carboxylic acids is 2. The topological polar surface area (TPSA) is 107 Å². The Morgan fingerprint density at radius 3 is 2.61 bits per heavy atom. The van der Waals surface area contributed by atoms with Crippen molar-refractivity contribution in [1.29, 1.82) is 5.26 Å². The normalized spacial score (nSPS) is 20.8. The number of hydrogen-bond donors (Lipinski definition) is 2. The van der Waals surface area contributed by atoms with E-state index in [-0.39, 0.29) is 11.3 Å². The van der Waals surface area contributed by atoms with Crippen LogP contribution in [0.5, 0.6) is 0 Å². The molecule has 0 atom stereocenters. The predicted octanol–water partition coefficient (Wildman–Crippen LogP) is 1.13. The Bertz CT molecular complexity index is 835. The largest absolute Gasteiger partial charge is 0.465 e. The Hall–Kier alpha value is -2.66. The van der Waals surface area contributed by atoms with E-state index in [1.54, 1.807) is 6.92 Å². The molecule has 0 radical (unpaired) electrons. The smallest absolute Gasteiger partial charge is 0.339 e. The molecule has 3 rings (SSSR count). The average Bonchev–Trinajstić information content (AvgIpc) is 2.80. The van der Waals surface area contributed by atoms with Crippen molar-refractivity contribution in [3.8, 4) is 6.07 Å². The summed E-state index contributed by atoms with van der Waals surface area (Å²) in [5.74, 6) is 0.0906. The van der Waals surface area contributed by atoms with Crippen molar-refractivity contribution in [2.45, 2.75) is 39.2 Å². The number of hydrogen-bond acceptors (Lipinski definition) is 7. The Balaban J connectivity index is 1.82. The third kappa shape index (κ3) is 3.67. The quantitative estimate of drug-likeness (QED) is 0.735. The number of nitrogens with one attached hydrogen (secondary N) is 2. The fourth-order valence-electron chi connectivity index (χ4n) is 3.78. The number of ether oxygens (including phenoxy) is 1. The van der Waals surface area contributed by atoms with Gasteiger partial charge >= 0.3 is 5.97 Å². The molecule has 1 amide bonds. The highest BCUT2D eigenvalue weighted by molar-refractivity contribution is 5.91. The van der Waals surface area contributed by atoms with Crippen LogP contribution >= 0.6 is 0 Å². The zero-order valence-electron chi connectivity index (χ0n) is 16.9. The van der Waals surface area contributed by atoms with Gasteiger partial charge in [0, 0.05) is 26.2 Å². The number of pyridine rings is 1. The van der Waals surface area contributed by atoms with E-state index in [0.717, 1.165) is 6.54 Å². The van der Waals surface area contributed by atoms with Gasteiger partial charge in [0.1, 0.15) is 17.4 Å². The van der Waals surface area contributed by atoms with Crippen LogP contribution in [0.15, 0.2) is 6.07 Å². The first-order chi connectivity index (χ1) is 13.2. The molecule has 3 heterocycles. The van der Waals surface area contributed by atoms with Crippen LogP contribution in [0.2, 0.25) is 0 Å². The molecule has 8 heteroatoms. The number of piperidine rings is 1. The van der Waals surface area contributed by atoms with Gasteiger partial charge in [0.05, 0.1) is 23.9 Å². The summed E-state index contributed by atoms with van der Waals surface area (Å²) in [5.41, 5.74) is 0.572. The molecule has 8 nitrogen and oxygen atoms in total. The molecule has 1 spiro atoms. The van der Waals surface area contributed by atoms with Gasteiger partial charge in [-0.25, -0.2) is 9.78 Å². The SMILES string of the molecule is COC(=O)c1cc(C#N)c(N2CCC3(CC2)NCC(C)(C)CNC3=O)nc1C. The first-order valence-electron chi connectivity index (χ1n) is 9.50. The summed E-state index contributed by atoms with van der Waals surface area (Å²) >= 11 is 0. The molecule has 2 aliphatic rings. The molecular formula is C20H27N5O3. The van der Waals surface area contributed by atoms with Crippen LogP contribution in [0, 0.1) is 23.7 Å². The molecule has 0 aromatic carbocycles. The fraction of sp³-hybridized carbons (Fsp3) is 0.600. The van der Waals surface area contributed by atoms with Crippen molar-refractivity contribution in [2.24, 2.45) is 5.41 Å². The standard InChI is InChI=1S/C20H27N5O3/c1-13-15(17(26)28-4)9-14(10-21)16(24-13)25-7-5-20(6-8-25)18(27)22-11-19(2,3)12-23-20/h9,23H,5-8,11-12H2,1-4H3,(H,22,27). The number of anilines is 1. The molecule has 2 aliphatic heterocycles. The lowest BCUT2D eigenvalue weighted by molar-refractivity contribution is -0.127. The highest BCUT2D eigenvalue weighted by Crippen LogP contribution is 2.31. The number of esters is 1. The molecular weight excluding hydrogens is 358 g/mol. The van der Waals surface area contributed by atoms with Crippen molar-refractivity contribution < 1.29 is 14.3 Å². The molecule has 2 fully saturated rings. The number of nitrogens with zero attached hydrogens (tertiary/aromatic N) is 3. The van der Waals surface area contributed by atoms with Crippen LogP contribution in [-0.2, 0) is 9.53 Å². The lowest BCUT2D eigenvalue weighted by atomic mass is 9.86. The summed E-state index contributed by atoms with van der Waals surface area (Å²) < 4.78 is 4.76. The molecule has 150 valence electrons. The van der Waals surface area contributed by atoms with Crippen LogP contribution in [0.25, 0.3) is 0 Å².